The number of amides is 3. The SMILES string of the molecule is CNC(=O)NC(=O)CSc1nnc(NC2CC2)s1. The smallest absolute Gasteiger partial charge is 0.321 e. The highest BCUT2D eigenvalue weighted by atomic mass is 32.2. The Bertz CT molecular complexity index is 446. The molecule has 0 bridgehead atoms. The highest BCUT2D eigenvalue weighted by Gasteiger charge is 2.22. The Labute approximate surface area is 112 Å². The maximum absolute atomic E-state index is 11.3. The molecule has 9 heteroatoms. The lowest BCUT2D eigenvalue weighted by Crippen LogP contribution is -2.38. The van der Waals surface area contributed by atoms with Gasteiger partial charge in [0.1, 0.15) is 0 Å². The molecule has 1 aromatic heterocycles. The summed E-state index contributed by atoms with van der Waals surface area (Å²) >= 11 is 2.68. The third kappa shape index (κ3) is 4.15. The highest BCUT2D eigenvalue weighted by Crippen LogP contribution is 2.29. The van der Waals surface area contributed by atoms with Crippen LogP contribution in [-0.2, 0) is 4.79 Å². The quantitative estimate of drug-likeness (QED) is 0.689. The van der Waals surface area contributed by atoms with Gasteiger partial charge in [-0.2, -0.15) is 0 Å². The van der Waals surface area contributed by atoms with Crippen LogP contribution in [0.2, 0.25) is 0 Å². The summed E-state index contributed by atoms with van der Waals surface area (Å²) in [5.41, 5.74) is 0. The van der Waals surface area contributed by atoms with Crippen LogP contribution in [-0.4, -0.2) is 41.0 Å². The maximum Gasteiger partial charge on any atom is 0.321 e. The molecule has 1 aliphatic carbocycles. The van der Waals surface area contributed by atoms with Crippen molar-refractivity contribution in [2.45, 2.75) is 23.2 Å². The second-order valence-corrected chi connectivity index (χ2v) is 5.91. The molecule has 1 heterocycles. The predicted molar refractivity (Wildman–Crippen MR) is 69.9 cm³/mol. The van der Waals surface area contributed by atoms with Gasteiger partial charge in [-0.1, -0.05) is 23.1 Å². The lowest BCUT2D eigenvalue weighted by atomic mass is 10.7. The number of imide groups is 1. The lowest BCUT2D eigenvalue weighted by molar-refractivity contribution is -0.117. The van der Waals surface area contributed by atoms with Gasteiger partial charge in [-0.05, 0) is 12.8 Å². The number of carbonyl (C=O) groups is 2. The van der Waals surface area contributed by atoms with Gasteiger partial charge in [-0.3, -0.25) is 10.1 Å². The average Bonchev–Trinajstić information content (AvgIpc) is 3.04. The molecule has 0 saturated heterocycles. The summed E-state index contributed by atoms with van der Waals surface area (Å²) in [5.74, 6) is -0.211. The summed E-state index contributed by atoms with van der Waals surface area (Å²) in [5, 5.41) is 16.4. The van der Waals surface area contributed by atoms with Crippen molar-refractivity contribution >= 4 is 40.2 Å². The summed E-state index contributed by atoms with van der Waals surface area (Å²) < 4.78 is 0.713. The van der Waals surface area contributed by atoms with Crippen LogP contribution < -0.4 is 16.0 Å². The Kier molecular flexibility index (Phi) is 4.37. The van der Waals surface area contributed by atoms with Gasteiger partial charge in [-0.15, -0.1) is 10.2 Å². The summed E-state index contributed by atoms with van der Waals surface area (Å²) in [6, 6.07) is 0.0290. The van der Waals surface area contributed by atoms with Crippen molar-refractivity contribution in [2.24, 2.45) is 0 Å². The molecule has 3 amide bonds. The van der Waals surface area contributed by atoms with E-state index in [1.54, 1.807) is 0 Å². The van der Waals surface area contributed by atoms with Crippen LogP contribution >= 0.6 is 23.1 Å². The van der Waals surface area contributed by atoms with E-state index in [9.17, 15) is 9.59 Å². The summed E-state index contributed by atoms with van der Waals surface area (Å²) in [4.78, 5) is 22.2. The fourth-order valence-electron chi connectivity index (χ4n) is 1.08. The molecule has 1 fully saturated rings. The zero-order valence-electron chi connectivity index (χ0n) is 9.73. The van der Waals surface area contributed by atoms with E-state index >= 15 is 0 Å². The van der Waals surface area contributed by atoms with Crippen molar-refractivity contribution in [1.82, 2.24) is 20.8 Å². The number of thioether (sulfide) groups is 1. The number of hydrogen-bond donors (Lipinski definition) is 3. The van der Waals surface area contributed by atoms with Crippen LogP contribution in [0, 0.1) is 0 Å². The number of carbonyl (C=O) groups excluding carboxylic acids is 2. The molecule has 0 aromatic carbocycles. The fraction of sp³-hybridized carbons (Fsp3) is 0.556. The summed E-state index contributed by atoms with van der Waals surface area (Å²) in [7, 11) is 1.45. The van der Waals surface area contributed by atoms with Gasteiger partial charge >= 0.3 is 6.03 Å². The van der Waals surface area contributed by atoms with E-state index in [-0.39, 0.29) is 11.7 Å². The van der Waals surface area contributed by atoms with Gasteiger partial charge in [0.25, 0.3) is 0 Å². The van der Waals surface area contributed by atoms with E-state index in [0.717, 1.165) is 5.13 Å². The Morgan fingerprint density at radius 3 is 2.89 bits per heavy atom. The minimum Gasteiger partial charge on any atom is -0.357 e. The molecule has 0 radical (unpaired) electrons. The van der Waals surface area contributed by atoms with Crippen LogP contribution in [0.3, 0.4) is 0 Å². The Morgan fingerprint density at radius 1 is 1.44 bits per heavy atom. The fourth-order valence-corrected chi connectivity index (χ4v) is 2.71. The molecule has 0 spiro atoms. The standard InChI is InChI=1S/C9H13N5O2S2/c1-10-7(16)12-6(15)4-17-9-14-13-8(18-9)11-5-2-3-5/h5H,2-4H2,1H3,(H,11,13)(H2,10,12,15,16). The maximum atomic E-state index is 11.3. The lowest BCUT2D eigenvalue weighted by Gasteiger charge is -2.00. The number of nitrogens with one attached hydrogen (secondary N) is 3. The number of anilines is 1. The van der Waals surface area contributed by atoms with E-state index in [1.807, 2.05) is 0 Å². The number of nitrogens with zero attached hydrogens (tertiary/aromatic N) is 2. The third-order valence-corrected chi connectivity index (χ3v) is 4.11. The first-order chi connectivity index (χ1) is 8.67. The van der Waals surface area contributed by atoms with Gasteiger partial charge in [0.05, 0.1) is 5.75 Å². The van der Waals surface area contributed by atoms with E-state index in [1.165, 1.54) is 43.0 Å². The van der Waals surface area contributed by atoms with Gasteiger partial charge < -0.3 is 10.6 Å². The minimum absolute atomic E-state index is 0.144. The molecule has 7 nitrogen and oxygen atoms in total. The van der Waals surface area contributed by atoms with Gasteiger partial charge in [0.2, 0.25) is 11.0 Å². The Hall–Kier alpha value is -1.35. The molecule has 1 aliphatic rings. The molecule has 1 saturated carbocycles. The number of hydrogen-bond acceptors (Lipinski definition) is 7. The first-order valence-corrected chi connectivity index (χ1v) is 7.22. The molecule has 0 aliphatic heterocycles. The summed E-state index contributed by atoms with van der Waals surface area (Å²) in [6.07, 6.45) is 2.35. The molecular formula is C9H13N5O2S2. The van der Waals surface area contributed by atoms with E-state index < -0.39 is 6.03 Å². The first-order valence-electron chi connectivity index (χ1n) is 5.42. The van der Waals surface area contributed by atoms with Crippen LogP contribution in [0.1, 0.15) is 12.8 Å². The molecule has 18 heavy (non-hydrogen) atoms. The molecule has 98 valence electrons. The van der Waals surface area contributed by atoms with E-state index in [0.29, 0.717) is 10.4 Å². The topological polar surface area (TPSA) is 96.0 Å². The normalized spacial score (nSPS) is 14.1. The van der Waals surface area contributed by atoms with Crippen LogP contribution in [0.25, 0.3) is 0 Å². The van der Waals surface area contributed by atoms with Crippen LogP contribution in [0.5, 0.6) is 0 Å². The van der Waals surface area contributed by atoms with E-state index in [2.05, 4.69) is 26.1 Å². The monoisotopic (exact) mass is 287 g/mol. The molecule has 0 unspecified atom stereocenters. The number of rotatable bonds is 5. The average molecular weight is 287 g/mol. The molecular weight excluding hydrogens is 274 g/mol. The minimum atomic E-state index is -0.506. The number of urea groups is 1. The van der Waals surface area contributed by atoms with Crippen molar-refractivity contribution in [1.29, 1.82) is 0 Å². The van der Waals surface area contributed by atoms with Crippen molar-refractivity contribution < 1.29 is 9.59 Å². The van der Waals surface area contributed by atoms with E-state index in [4.69, 9.17) is 0 Å². The van der Waals surface area contributed by atoms with Gasteiger partial charge in [0, 0.05) is 13.1 Å². The highest BCUT2D eigenvalue weighted by molar-refractivity contribution is 8.01. The predicted octanol–water partition coefficient (Wildman–Crippen LogP) is 0.660. The Morgan fingerprint density at radius 2 is 2.22 bits per heavy atom. The molecule has 2 rings (SSSR count). The zero-order valence-corrected chi connectivity index (χ0v) is 11.4. The molecule has 0 atom stereocenters. The zero-order chi connectivity index (χ0) is 13.0. The number of aromatic nitrogens is 2. The largest absolute Gasteiger partial charge is 0.357 e. The van der Waals surface area contributed by atoms with Crippen LogP contribution in [0.4, 0.5) is 9.93 Å². The van der Waals surface area contributed by atoms with Crippen molar-refractivity contribution in [2.75, 3.05) is 18.1 Å². The van der Waals surface area contributed by atoms with Gasteiger partial charge in [-0.25, -0.2) is 4.79 Å². The van der Waals surface area contributed by atoms with Crippen molar-refractivity contribution in [3.8, 4) is 0 Å². The third-order valence-electron chi connectivity index (χ3n) is 2.12. The van der Waals surface area contributed by atoms with Crippen LogP contribution in [0.15, 0.2) is 4.34 Å². The first kappa shape index (κ1) is 13.1. The Balaban J connectivity index is 1.73. The molecule has 1 aromatic rings. The van der Waals surface area contributed by atoms with Gasteiger partial charge in [0.15, 0.2) is 4.34 Å². The second kappa shape index (κ2) is 6.01. The summed E-state index contributed by atoms with van der Waals surface area (Å²) in [6.45, 7) is 0. The molecule has 3 N–H and O–H groups in total. The van der Waals surface area contributed by atoms with Crippen molar-refractivity contribution in [3.05, 3.63) is 0 Å². The van der Waals surface area contributed by atoms with Crippen molar-refractivity contribution in [3.63, 3.8) is 0 Å². The second-order valence-electron chi connectivity index (χ2n) is 3.71.